The molecule has 0 bridgehead atoms. The second-order valence-corrected chi connectivity index (χ2v) is 7.46. The number of benzene rings is 1. The van der Waals surface area contributed by atoms with Crippen LogP contribution in [0.15, 0.2) is 30.5 Å². The van der Waals surface area contributed by atoms with Gasteiger partial charge in [0.15, 0.2) is 11.5 Å². The first-order valence-corrected chi connectivity index (χ1v) is 10.2. The quantitative estimate of drug-likeness (QED) is 0.713. The van der Waals surface area contributed by atoms with Gasteiger partial charge in [-0.05, 0) is 62.4 Å². The fraction of sp³-hybridized carbons (Fsp3) is 0.478. The number of aryl methyl sites for hydroxylation is 1. The van der Waals surface area contributed by atoms with Gasteiger partial charge in [0, 0.05) is 12.2 Å². The largest absolute Gasteiger partial charge is 0.493 e. The topological polar surface area (TPSA) is 78.9 Å². The molecule has 0 aliphatic heterocycles. The van der Waals surface area contributed by atoms with E-state index in [1.807, 2.05) is 31.2 Å². The van der Waals surface area contributed by atoms with Crippen molar-refractivity contribution in [3.63, 3.8) is 0 Å². The molecular weight excluding hydrogens is 384 g/mol. The van der Waals surface area contributed by atoms with Crippen molar-refractivity contribution in [3.8, 4) is 23.0 Å². The van der Waals surface area contributed by atoms with Crippen LogP contribution in [0.4, 0.5) is 0 Å². The van der Waals surface area contributed by atoms with Crippen molar-refractivity contribution in [1.29, 1.82) is 0 Å². The Kier molecular flexibility index (Phi) is 7.38. The Morgan fingerprint density at radius 2 is 1.70 bits per heavy atom. The van der Waals surface area contributed by atoms with Crippen molar-refractivity contribution in [1.82, 2.24) is 10.3 Å². The minimum Gasteiger partial charge on any atom is -0.493 e. The number of nitrogens with one attached hydrogen (secondary N) is 1. The molecule has 1 fully saturated rings. The van der Waals surface area contributed by atoms with E-state index in [2.05, 4.69) is 10.3 Å². The van der Waals surface area contributed by atoms with E-state index in [0.717, 1.165) is 42.7 Å². The lowest BCUT2D eigenvalue weighted by atomic mass is 9.92. The van der Waals surface area contributed by atoms with Crippen molar-refractivity contribution in [2.24, 2.45) is 0 Å². The van der Waals surface area contributed by atoms with E-state index < -0.39 is 0 Å². The van der Waals surface area contributed by atoms with Crippen molar-refractivity contribution in [3.05, 3.63) is 41.7 Å². The van der Waals surface area contributed by atoms with E-state index in [1.165, 1.54) is 0 Å². The average Bonchev–Trinajstić information content (AvgIpc) is 2.75. The van der Waals surface area contributed by atoms with E-state index >= 15 is 0 Å². The number of nitrogens with zero attached hydrogens (tertiary/aromatic N) is 1. The van der Waals surface area contributed by atoms with Gasteiger partial charge in [0.25, 0.3) is 0 Å². The summed E-state index contributed by atoms with van der Waals surface area (Å²) in [6, 6.07) is 7.61. The first-order chi connectivity index (χ1) is 14.5. The molecule has 1 aliphatic rings. The molecule has 0 unspecified atom stereocenters. The van der Waals surface area contributed by atoms with Gasteiger partial charge < -0.3 is 24.3 Å². The van der Waals surface area contributed by atoms with E-state index in [-0.39, 0.29) is 24.5 Å². The Bertz CT molecular complexity index is 837. The van der Waals surface area contributed by atoms with Crippen LogP contribution >= 0.6 is 0 Å². The summed E-state index contributed by atoms with van der Waals surface area (Å²) in [5, 5.41) is 3.15. The Morgan fingerprint density at radius 3 is 2.27 bits per heavy atom. The van der Waals surface area contributed by atoms with Gasteiger partial charge in [-0.25, -0.2) is 0 Å². The Morgan fingerprint density at radius 1 is 1.03 bits per heavy atom. The van der Waals surface area contributed by atoms with Crippen molar-refractivity contribution >= 4 is 5.91 Å². The van der Waals surface area contributed by atoms with Gasteiger partial charge in [0.05, 0.1) is 39.5 Å². The molecule has 7 heteroatoms. The summed E-state index contributed by atoms with van der Waals surface area (Å²) in [4.78, 5) is 16.9. The normalized spacial score (nSPS) is 18.4. The second kappa shape index (κ2) is 10.2. The molecule has 162 valence electrons. The Labute approximate surface area is 177 Å². The van der Waals surface area contributed by atoms with Gasteiger partial charge in [-0.3, -0.25) is 9.78 Å². The third kappa shape index (κ3) is 5.34. The summed E-state index contributed by atoms with van der Waals surface area (Å²) in [7, 11) is 4.69. The van der Waals surface area contributed by atoms with Crippen LogP contribution < -0.4 is 24.3 Å². The zero-order valence-electron chi connectivity index (χ0n) is 18.1. The molecule has 7 nitrogen and oxygen atoms in total. The van der Waals surface area contributed by atoms with Crippen LogP contribution in [0.3, 0.4) is 0 Å². The minimum absolute atomic E-state index is 0.0169. The van der Waals surface area contributed by atoms with Gasteiger partial charge in [0.1, 0.15) is 5.75 Å². The maximum absolute atomic E-state index is 12.6. The zero-order valence-corrected chi connectivity index (χ0v) is 18.1. The number of carbonyl (C=O) groups is 1. The first-order valence-electron chi connectivity index (χ1n) is 10.2. The van der Waals surface area contributed by atoms with E-state index in [1.54, 1.807) is 27.5 Å². The summed E-state index contributed by atoms with van der Waals surface area (Å²) in [6.45, 7) is 1.95. The number of rotatable bonds is 8. The van der Waals surface area contributed by atoms with E-state index in [4.69, 9.17) is 18.9 Å². The van der Waals surface area contributed by atoms with E-state index in [9.17, 15) is 4.79 Å². The smallest absolute Gasteiger partial charge is 0.224 e. The molecule has 1 heterocycles. The molecule has 0 radical (unpaired) electrons. The van der Waals surface area contributed by atoms with Crippen molar-refractivity contribution < 1.29 is 23.7 Å². The van der Waals surface area contributed by atoms with Crippen LogP contribution in [0.25, 0.3) is 0 Å². The summed E-state index contributed by atoms with van der Waals surface area (Å²) in [6.07, 6.45) is 5.78. The maximum Gasteiger partial charge on any atom is 0.224 e. The van der Waals surface area contributed by atoms with Gasteiger partial charge >= 0.3 is 0 Å². The van der Waals surface area contributed by atoms with Crippen molar-refractivity contribution in [2.45, 2.75) is 51.2 Å². The third-order valence-corrected chi connectivity index (χ3v) is 5.38. The molecule has 0 spiro atoms. The van der Waals surface area contributed by atoms with Crippen LogP contribution in [-0.2, 0) is 11.2 Å². The summed E-state index contributed by atoms with van der Waals surface area (Å²) < 4.78 is 22.2. The Balaban J connectivity index is 1.52. The summed E-state index contributed by atoms with van der Waals surface area (Å²) >= 11 is 0. The Hall–Kier alpha value is -2.96. The van der Waals surface area contributed by atoms with Gasteiger partial charge in [-0.1, -0.05) is 0 Å². The summed E-state index contributed by atoms with van der Waals surface area (Å²) in [5.41, 5.74) is 1.71. The van der Waals surface area contributed by atoms with Gasteiger partial charge in [-0.2, -0.15) is 0 Å². The lowest BCUT2D eigenvalue weighted by Gasteiger charge is -2.29. The maximum atomic E-state index is 12.6. The molecule has 1 aromatic carbocycles. The number of carbonyl (C=O) groups excluding carboxylic acids is 1. The van der Waals surface area contributed by atoms with Gasteiger partial charge in [-0.15, -0.1) is 0 Å². The van der Waals surface area contributed by atoms with Crippen LogP contribution in [0.2, 0.25) is 0 Å². The minimum atomic E-state index is -0.0169. The molecule has 2 aromatic rings. The number of hydrogen-bond donors (Lipinski definition) is 1. The van der Waals surface area contributed by atoms with E-state index in [0.29, 0.717) is 17.2 Å². The molecule has 1 aliphatic carbocycles. The van der Waals surface area contributed by atoms with Crippen molar-refractivity contribution in [2.75, 3.05) is 21.3 Å². The lowest BCUT2D eigenvalue weighted by Crippen LogP contribution is -2.40. The SMILES string of the molecule is COc1cc(CC(=O)NC2CCC(Oc3cccnc3C)CC2)cc(OC)c1OC. The zero-order chi connectivity index (χ0) is 21.5. The van der Waals surface area contributed by atoms with Crippen LogP contribution in [0, 0.1) is 6.92 Å². The molecule has 0 atom stereocenters. The van der Waals surface area contributed by atoms with Crippen LogP contribution in [0.5, 0.6) is 23.0 Å². The molecule has 3 rings (SSSR count). The molecule has 1 aromatic heterocycles. The number of pyridine rings is 1. The summed E-state index contributed by atoms with van der Waals surface area (Å²) in [5.74, 6) is 2.43. The number of ether oxygens (including phenoxy) is 4. The number of hydrogen-bond acceptors (Lipinski definition) is 6. The molecule has 1 amide bonds. The highest BCUT2D eigenvalue weighted by atomic mass is 16.5. The fourth-order valence-corrected chi connectivity index (χ4v) is 3.80. The standard InChI is InChI=1S/C23H30N2O5/c1-15-19(6-5-11-24-15)30-18-9-7-17(8-10-18)25-22(26)14-16-12-20(27-2)23(29-4)21(13-16)28-3/h5-6,11-13,17-18H,7-10,14H2,1-4H3,(H,25,26). The molecule has 30 heavy (non-hydrogen) atoms. The monoisotopic (exact) mass is 414 g/mol. The highest BCUT2D eigenvalue weighted by Crippen LogP contribution is 2.38. The molecule has 1 N–H and O–H groups in total. The molecule has 0 saturated heterocycles. The molecule has 1 saturated carbocycles. The number of aromatic nitrogens is 1. The molecular formula is C23H30N2O5. The number of amides is 1. The average molecular weight is 415 g/mol. The third-order valence-electron chi connectivity index (χ3n) is 5.38. The van der Waals surface area contributed by atoms with Gasteiger partial charge in [0.2, 0.25) is 11.7 Å². The predicted octanol–water partition coefficient (Wildman–Crippen LogP) is 3.46. The highest BCUT2D eigenvalue weighted by molar-refractivity contribution is 5.79. The highest BCUT2D eigenvalue weighted by Gasteiger charge is 2.24. The number of methoxy groups -OCH3 is 3. The second-order valence-electron chi connectivity index (χ2n) is 7.46. The lowest BCUT2D eigenvalue weighted by molar-refractivity contribution is -0.121. The first kappa shape index (κ1) is 21.7. The van der Waals surface area contributed by atoms with Crippen LogP contribution in [-0.4, -0.2) is 44.4 Å². The van der Waals surface area contributed by atoms with Crippen LogP contribution in [0.1, 0.15) is 36.9 Å². The predicted molar refractivity (Wildman–Crippen MR) is 114 cm³/mol. The fourth-order valence-electron chi connectivity index (χ4n) is 3.80.